The molecule has 0 unspecified atom stereocenters. The number of hydrogen-bond acceptors (Lipinski definition) is 9. The number of nitrogens with zero attached hydrogens (tertiary/aromatic N) is 10. The van der Waals surface area contributed by atoms with Crippen LogP contribution < -0.4 is 10.2 Å². The highest BCUT2D eigenvalue weighted by Crippen LogP contribution is 2.35. The molecule has 32 heavy (non-hydrogen) atoms. The molecule has 12 heteroatoms. The molecule has 12 nitrogen and oxygen atoms in total. The highest BCUT2D eigenvalue weighted by molar-refractivity contribution is 5.82. The average Bonchev–Trinajstić information content (AvgIpc) is 3.54. The number of nitrogens with one attached hydrogen (secondary N) is 1. The van der Waals surface area contributed by atoms with Crippen LogP contribution in [-0.2, 0) is 4.74 Å². The van der Waals surface area contributed by atoms with Gasteiger partial charge in [-0.1, -0.05) is 5.11 Å². The van der Waals surface area contributed by atoms with E-state index >= 15 is 0 Å². The van der Waals surface area contributed by atoms with Gasteiger partial charge in [0.05, 0.1) is 48.0 Å². The summed E-state index contributed by atoms with van der Waals surface area (Å²) in [4.78, 5) is 14.1. The third kappa shape index (κ3) is 3.20. The van der Waals surface area contributed by atoms with Crippen LogP contribution in [0.2, 0.25) is 0 Å². The number of aromatic nitrogens is 4. The smallest absolute Gasteiger partial charge is 0.167 e. The van der Waals surface area contributed by atoms with Gasteiger partial charge in [-0.05, 0) is 24.9 Å². The first kappa shape index (κ1) is 19.6. The Kier molecular flexibility index (Phi) is 4.71. The van der Waals surface area contributed by atoms with E-state index in [1.54, 1.807) is 29.9 Å². The summed E-state index contributed by atoms with van der Waals surface area (Å²) in [6, 6.07) is 7.45. The Labute approximate surface area is 182 Å². The Morgan fingerprint density at radius 2 is 2.25 bits per heavy atom. The minimum atomic E-state index is -0.511. The third-order valence-electron chi connectivity index (χ3n) is 5.62. The van der Waals surface area contributed by atoms with Gasteiger partial charge in [0, 0.05) is 29.1 Å². The lowest BCUT2D eigenvalue weighted by Crippen LogP contribution is -2.38. The van der Waals surface area contributed by atoms with Crippen LogP contribution in [0.5, 0.6) is 0 Å². The standard InChI is InChI=1S/C20H17N11O/c1-11(5-21)26-16-4-18(24-8-17(16)28-29-23)31-20-13(7-25-31)2-12(6-22)19(27-20)30-9-15-3-14(30)10-32-15/h2,4,7-8,11,14-15H,3,9-10H2,1H3,(H,24,26)/t11-,14-,15-/m1/s1. The van der Waals surface area contributed by atoms with E-state index in [4.69, 9.17) is 20.5 Å². The number of nitriles is 2. The Bertz CT molecular complexity index is 1340. The van der Waals surface area contributed by atoms with E-state index in [0.717, 1.165) is 6.42 Å². The first-order chi connectivity index (χ1) is 15.6. The van der Waals surface area contributed by atoms with E-state index in [0.29, 0.717) is 47.1 Å². The first-order valence-corrected chi connectivity index (χ1v) is 10.00. The second-order valence-corrected chi connectivity index (χ2v) is 7.68. The lowest BCUT2D eigenvalue weighted by molar-refractivity contribution is 0.0989. The number of morpholine rings is 1. The molecule has 1 N–H and O–H groups in total. The SMILES string of the molecule is C[C@H](C#N)Nc1cc(-n2ncc3cc(C#N)c(N4C[C@H]5C[C@@H]4CO5)nc32)ncc1N=[N+]=[N-]. The summed E-state index contributed by atoms with van der Waals surface area (Å²) in [5, 5.41) is 30.6. The number of fused-ring (bicyclic) bond motifs is 3. The van der Waals surface area contributed by atoms with Gasteiger partial charge in [-0.3, -0.25) is 0 Å². The van der Waals surface area contributed by atoms with Gasteiger partial charge < -0.3 is 15.0 Å². The molecule has 3 aromatic heterocycles. The van der Waals surface area contributed by atoms with Crippen molar-refractivity contribution in [2.45, 2.75) is 31.5 Å². The molecule has 2 bridgehead atoms. The van der Waals surface area contributed by atoms with Crippen molar-refractivity contribution in [1.29, 1.82) is 10.5 Å². The highest BCUT2D eigenvalue weighted by Gasteiger charge is 2.40. The quantitative estimate of drug-likeness (QED) is 0.369. The fourth-order valence-corrected chi connectivity index (χ4v) is 4.14. The summed E-state index contributed by atoms with van der Waals surface area (Å²) >= 11 is 0. The van der Waals surface area contributed by atoms with Crippen molar-refractivity contribution in [2.75, 3.05) is 23.4 Å². The number of anilines is 2. The number of ether oxygens (including phenoxy) is 1. The summed E-state index contributed by atoms with van der Waals surface area (Å²) in [5.74, 6) is 1.04. The van der Waals surface area contributed by atoms with Gasteiger partial charge in [0.25, 0.3) is 0 Å². The van der Waals surface area contributed by atoms with Crippen LogP contribution in [0.15, 0.2) is 29.6 Å². The van der Waals surface area contributed by atoms with Crippen LogP contribution in [0.1, 0.15) is 18.9 Å². The zero-order chi connectivity index (χ0) is 22.2. The van der Waals surface area contributed by atoms with Crippen molar-refractivity contribution in [3.8, 4) is 18.0 Å². The molecule has 0 saturated carbocycles. The summed E-state index contributed by atoms with van der Waals surface area (Å²) < 4.78 is 7.25. The largest absolute Gasteiger partial charge is 0.374 e. The Hall–Kier alpha value is -4.38. The third-order valence-corrected chi connectivity index (χ3v) is 5.62. The van der Waals surface area contributed by atoms with Crippen LogP contribution in [0, 0.1) is 22.7 Å². The van der Waals surface area contributed by atoms with E-state index in [1.807, 2.05) is 0 Å². The predicted octanol–water partition coefficient (Wildman–Crippen LogP) is 2.93. The van der Waals surface area contributed by atoms with Crippen molar-refractivity contribution in [3.05, 3.63) is 40.5 Å². The molecule has 3 atom stereocenters. The highest BCUT2D eigenvalue weighted by atomic mass is 16.5. The van der Waals surface area contributed by atoms with Crippen LogP contribution in [0.3, 0.4) is 0 Å². The molecular formula is C20H17N11O. The van der Waals surface area contributed by atoms with Crippen molar-refractivity contribution >= 4 is 28.2 Å². The Morgan fingerprint density at radius 1 is 1.38 bits per heavy atom. The van der Waals surface area contributed by atoms with E-state index in [1.165, 1.54) is 6.20 Å². The van der Waals surface area contributed by atoms with Crippen molar-refractivity contribution in [2.24, 2.45) is 5.11 Å². The van der Waals surface area contributed by atoms with E-state index in [-0.39, 0.29) is 17.8 Å². The van der Waals surface area contributed by atoms with Crippen LogP contribution in [0.25, 0.3) is 27.3 Å². The fraction of sp³-hybridized carbons (Fsp3) is 0.350. The average molecular weight is 427 g/mol. The molecular weight excluding hydrogens is 410 g/mol. The molecule has 0 aromatic carbocycles. The van der Waals surface area contributed by atoms with Crippen LogP contribution >= 0.6 is 0 Å². The molecule has 5 rings (SSSR count). The van der Waals surface area contributed by atoms with E-state index in [9.17, 15) is 5.26 Å². The molecule has 2 aliphatic heterocycles. The van der Waals surface area contributed by atoms with Gasteiger partial charge in [-0.15, -0.1) is 0 Å². The summed E-state index contributed by atoms with van der Waals surface area (Å²) in [6.07, 6.45) is 4.13. The maximum Gasteiger partial charge on any atom is 0.167 e. The van der Waals surface area contributed by atoms with Gasteiger partial charge >= 0.3 is 0 Å². The van der Waals surface area contributed by atoms with Crippen molar-refractivity contribution in [3.63, 3.8) is 0 Å². The summed E-state index contributed by atoms with van der Waals surface area (Å²) in [7, 11) is 0. The second kappa shape index (κ2) is 7.71. The molecule has 158 valence electrons. The monoisotopic (exact) mass is 427 g/mol. The molecule has 5 heterocycles. The molecule has 3 aromatic rings. The maximum atomic E-state index is 9.70. The van der Waals surface area contributed by atoms with E-state index < -0.39 is 6.04 Å². The topological polar surface area (TPSA) is 164 Å². The molecule has 0 aliphatic carbocycles. The van der Waals surface area contributed by atoms with Crippen molar-refractivity contribution in [1.82, 2.24) is 19.7 Å². The minimum Gasteiger partial charge on any atom is -0.374 e. The number of hydrogen-bond donors (Lipinski definition) is 1. The van der Waals surface area contributed by atoms with Crippen LogP contribution in [0.4, 0.5) is 17.2 Å². The number of pyridine rings is 2. The molecule has 2 aliphatic rings. The first-order valence-electron chi connectivity index (χ1n) is 10.00. The second-order valence-electron chi connectivity index (χ2n) is 7.68. The van der Waals surface area contributed by atoms with E-state index in [2.05, 4.69) is 42.5 Å². The van der Waals surface area contributed by atoms with Gasteiger partial charge in [-0.25, -0.2) is 9.97 Å². The van der Waals surface area contributed by atoms with Crippen LogP contribution in [-0.4, -0.2) is 51.1 Å². The zero-order valence-corrected chi connectivity index (χ0v) is 17.0. The fourth-order valence-electron chi connectivity index (χ4n) is 4.14. The van der Waals surface area contributed by atoms with Gasteiger partial charge in [0.15, 0.2) is 11.5 Å². The van der Waals surface area contributed by atoms with Crippen molar-refractivity contribution < 1.29 is 4.74 Å². The lowest BCUT2D eigenvalue weighted by atomic mass is 10.2. The zero-order valence-electron chi connectivity index (χ0n) is 17.0. The molecule has 0 amide bonds. The Balaban J connectivity index is 1.61. The molecule has 2 saturated heterocycles. The summed E-state index contributed by atoms with van der Waals surface area (Å²) in [6.45, 7) is 3.02. The van der Waals surface area contributed by atoms with Gasteiger partial charge in [0.2, 0.25) is 0 Å². The number of rotatable bonds is 5. The van der Waals surface area contributed by atoms with Gasteiger partial charge in [-0.2, -0.15) is 20.3 Å². The van der Waals surface area contributed by atoms with Gasteiger partial charge in [0.1, 0.15) is 17.9 Å². The molecule has 0 radical (unpaired) electrons. The molecule has 0 spiro atoms. The number of azide groups is 1. The predicted molar refractivity (Wildman–Crippen MR) is 114 cm³/mol. The molecule has 2 fully saturated rings. The lowest BCUT2D eigenvalue weighted by Gasteiger charge is -2.28. The maximum absolute atomic E-state index is 9.70. The summed E-state index contributed by atoms with van der Waals surface area (Å²) in [5.41, 5.74) is 10.6. The Morgan fingerprint density at radius 3 is 2.94 bits per heavy atom. The normalized spacial score (nSPS) is 19.9. The minimum absolute atomic E-state index is 0.166.